The summed E-state index contributed by atoms with van der Waals surface area (Å²) in [6.07, 6.45) is 4.75. The average Bonchev–Trinajstić information content (AvgIpc) is 3.47. The summed E-state index contributed by atoms with van der Waals surface area (Å²) in [6.45, 7) is 2.95. The van der Waals surface area contributed by atoms with E-state index in [1.54, 1.807) is 61.8 Å². The Labute approximate surface area is 226 Å². The smallest absolute Gasteiger partial charge is 0.168 e. The molecular formula is C32H31F2N3O2. The Morgan fingerprint density at radius 3 is 2.15 bits per heavy atom. The van der Waals surface area contributed by atoms with E-state index in [4.69, 9.17) is 0 Å². The normalized spacial score (nSPS) is 14.7. The van der Waals surface area contributed by atoms with E-state index in [1.165, 1.54) is 6.07 Å². The number of anilines is 3. The van der Waals surface area contributed by atoms with Gasteiger partial charge in [-0.2, -0.15) is 0 Å². The molecule has 0 unspecified atom stereocenters. The van der Waals surface area contributed by atoms with Gasteiger partial charge in [0.2, 0.25) is 0 Å². The topological polar surface area (TPSA) is 65.2 Å². The molecule has 0 radical (unpaired) electrons. The van der Waals surface area contributed by atoms with E-state index in [1.807, 2.05) is 24.3 Å². The minimum Gasteiger partial charge on any atom is -0.371 e. The molecule has 5 rings (SSSR count). The van der Waals surface area contributed by atoms with Crippen molar-refractivity contribution in [2.75, 3.05) is 23.3 Å². The van der Waals surface area contributed by atoms with Gasteiger partial charge in [-0.15, -0.1) is 0 Å². The Kier molecular flexibility index (Phi) is 7.59. The number of nitrogens with one attached hydrogen (secondary N) is 2. The van der Waals surface area contributed by atoms with Gasteiger partial charge < -0.3 is 15.2 Å². The van der Waals surface area contributed by atoms with Crippen LogP contribution in [0.15, 0.2) is 85.2 Å². The first kappa shape index (κ1) is 26.4. The van der Waals surface area contributed by atoms with Crippen LogP contribution in [0.3, 0.4) is 0 Å². The molecule has 3 aromatic carbocycles. The predicted molar refractivity (Wildman–Crippen MR) is 150 cm³/mol. The van der Waals surface area contributed by atoms with Gasteiger partial charge in [-0.1, -0.05) is 18.2 Å². The van der Waals surface area contributed by atoms with Crippen LogP contribution < -0.4 is 10.2 Å². The molecule has 0 amide bonds. The molecule has 2 heterocycles. The van der Waals surface area contributed by atoms with Gasteiger partial charge in [-0.25, -0.2) is 8.78 Å². The maximum Gasteiger partial charge on any atom is 0.168 e. The molecule has 1 aromatic heterocycles. The van der Waals surface area contributed by atoms with Gasteiger partial charge in [-0.05, 0) is 85.5 Å². The summed E-state index contributed by atoms with van der Waals surface area (Å²) in [4.78, 5) is 30.1. The molecule has 1 saturated heterocycles. The summed E-state index contributed by atoms with van der Waals surface area (Å²) in [5.41, 5.74) is 3.52. The Bertz CT molecular complexity index is 1440. The zero-order valence-corrected chi connectivity index (χ0v) is 21.8. The van der Waals surface area contributed by atoms with Gasteiger partial charge in [0.25, 0.3) is 0 Å². The summed E-state index contributed by atoms with van der Waals surface area (Å²) in [5, 5.41) is 3.06. The van der Waals surface area contributed by atoms with E-state index in [2.05, 4.69) is 15.2 Å². The van der Waals surface area contributed by atoms with Crippen LogP contribution in [-0.2, 0) is 12.8 Å². The first-order chi connectivity index (χ1) is 18.8. The minimum atomic E-state index is -1.11. The fraction of sp³-hybridized carbons (Fsp3) is 0.250. The van der Waals surface area contributed by atoms with Crippen LogP contribution in [0, 0.1) is 5.82 Å². The van der Waals surface area contributed by atoms with Gasteiger partial charge >= 0.3 is 0 Å². The molecule has 0 bridgehead atoms. The third-order valence-electron chi connectivity index (χ3n) is 7.28. The number of ketones is 2. The second kappa shape index (κ2) is 11.2. The monoisotopic (exact) mass is 527 g/mol. The van der Waals surface area contributed by atoms with E-state index < -0.39 is 11.5 Å². The lowest BCUT2D eigenvalue weighted by Gasteiger charge is -2.35. The van der Waals surface area contributed by atoms with E-state index in [9.17, 15) is 18.4 Å². The number of nitrogens with zero attached hydrogens (tertiary/aromatic N) is 1. The number of Topliss-reactive ketones (excluding diaryl/α,β-unsaturated/α-hetero) is 2. The molecule has 1 fully saturated rings. The molecule has 0 saturated carbocycles. The Hall–Kier alpha value is -4.26. The lowest BCUT2D eigenvalue weighted by atomic mass is 9.95. The second-order valence-corrected chi connectivity index (χ2v) is 10.4. The fourth-order valence-electron chi connectivity index (χ4n) is 4.79. The maximum atomic E-state index is 14.9. The van der Waals surface area contributed by atoms with Crippen molar-refractivity contribution in [2.45, 2.75) is 38.3 Å². The van der Waals surface area contributed by atoms with Crippen LogP contribution >= 0.6 is 0 Å². The molecule has 7 heteroatoms. The molecule has 4 aromatic rings. The number of halogens is 2. The third-order valence-corrected chi connectivity index (χ3v) is 7.28. The molecule has 2 N–H and O–H groups in total. The molecule has 0 aliphatic carbocycles. The van der Waals surface area contributed by atoms with Crippen molar-refractivity contribution in [3.05, 3.63) is 113 Å². The third kappa shape index (κ3) is 6.60. The van der Waals surface area contributed by atoms with Gasteiger partial charge in [0.15, 0.2) is 11.6 Å². The van der Waals surface area contributed by atoms with Crippen LogP contribution in [0.5, 0.6) is 0 Å². The first-order valence-corrected chi connectivity index (χ1v) is 13.1. The molecule has 1 aliphatic heterocycles. The summed E-state index contributed by atoms with van der Waals surface area (Å²) in [7, 11) is 0. The molecule has 1 aliphatic rings. The number of H-pyrrole nitrogens is 1. The summed E-state index contributed by atoms with van der Waals surface area (Å²) in [6, 6.07) is 21.1. The minimum absolute atomic E-state index is 0.0248. The lowest BCUT2D eigenvalue weighted by molar-refractivity contribution is 0.0985. The van der Waals surface area contributed by atoms with E-state index >= 15 is 0 Å². The Balaban J connectivity index is 1.16. The maximum absolute atomic E-state index is 14.9. The summed E-state index contributed by atoms with van der Waals surface area (Å²) in [5.74, 6) is -0.523. The number of aromatic amines is 1. The van der Waals surface area contributed by atoms with Crippen molar-refractivity contribution in [3.63, 3.8) is 0 Å². The number of benzene rings is 3. The number of alkyl halides is 1. The van der Waals surface area contributed by atoms with Gasteiger partial charge in [-0.3, -0.25) is 9.59 Å². The van der Waals surface area contributed by atoms with E-state index in [-0.39, 0.29) is 24.4 Å². The van der Waals surface area contributed by atoms with Crippen LogP contribution in [0.1, 0.15) is 51.6 Å². The molecular weight excluding hydrogens is 496 g/mol. The second-order valence-electron chi connectivity index (χ2n) is 10.4. The number of hydrogen-bond acceptors (Lipinski definition) is 4. The number of aromatic nitrogens is 1. The summed E-state index contributed by atoms with van der Waals surface area (Å²) < 4.78 is 28.9. The quantitative estimate of drug-likeness (QED) is 0.228. The molecule has 200 valence electrons. The van der Waals surface area contributed by atoms with Crippen LogP contribution in [0.2, 0.25) is 0 Å². The van der Waals surface area contributed by atoms with Crippen molar-refractivity contribution in [2.24, 2.45) is 0 Å². The van der Waals surface area contributed by atoms with Crippen molar-refractivity contribution >= 4 is 28.6 Å². The standard InChI is InChI=1S/C32H31F2N3O2/c1-32(34)13-16-37(17-14-32)27-9-5-24(6-10-27)30(38)20-23-4-11-29(28(33)18-23)36-26-7-2-22(3-8-26)19-31(39)25-12-15-35-21-25/h2-12,15,18,21,35-36H,13-14,16-17,19-20H2,1H3. The molecule has 0 atom stereocenters. The van der Waals surface area contributed by atoms with Gasteiger partial charge in [0, 0.05) is 60.8 Å². The van der Waals surface area contributed by atoms with Crippen LogP contribution in [0.4, 0.5) is 25.8 Å². The molecule has 39 heavy (non-hydrogen) atoms. The SMILES string of the molecule is CC1(F)CCN(c2ccc(C(=O)Cc3ccc(Nc4ccc(CC(=O)c5cc[nH]c5)cc4)c(F)c3)cc2)CC1. The highest BCUT2D eigenvalue weighted by Gasteiger charge is 2.29. The van der Waals surface area contributed by atoms with Crippen molar-refractivity contribution < 1.29 is 18.4 Å². The summed E-state index contributed by atoms with van der Waals surface area (Å²) >= 11 is 0. The Morgan fingerprint density at radius 1 is 0.872 bits per heavy atom. The fourth-order valence-corrected chi connectivity index (χ4v) is 4.79. The zero-order valence-electron chi connectivity index (χ0n) is 21.8. The molecule has 0 spiro atoms. The van der Waals surface area contributed by atoms with Crippen LogP contribution in [-0.4, -0.2) is 35.3 Å². The van der Waals surface area contributed by atoms with E-state index in [0.717, 1.165) is 11.3 Å². The van der Waals surface area contributed by atoms with E-state index in [0.29, 0.717) is 54.0 Å². The average molecular weight is 528 g/mol. The number of rotatable bonds is 9. The number of hydrogen-bond donors (Lipinski definition) is 2. The van der Waals surface area contributed by atoms with Crippen molar-refractivity contribution in [3.8, 4) is 0 Å². The largest absolute Gasteiger partial charge is 0.371 e. The predicted octanol–water partition coefficient (Wildman–Crippen LogP) is 7.08. The lowest BCUT2D eigenvalue weighted by Crippen LogP contribution is -2.40. The van der Waals surface area contributed by atoms with Crippen molar-refractivity contribution in [1.82, 2.24) is 4.98 Å². The van der Waals surface area contributed by atoms with Gasteiger partial charge in [0.05, 0.1) is 5.69 Å². The zero-order chi connectivity index (χ0) is 27.4. The number of carbonyl (C=O) groups is 2. The van der Waals surface area contributed by atoms with Crippen molar-refractivity contribution in [1.29, 1.82) is 0 Å². The Morgan fingerprint density at radius 2 is 1.51 bits per heavy atom. The highest BCUT2D eigenvalue weighted by Crippen LogP contribution is 2.29. The highest BCUT2D eigenvalue weighted by atomic mass is 19.1. The number of piperidine rings is 1. The number of carbonyl (C=O) groups excluding carboxylic acids is 2. The highest BCUT2D eigenvalue weighted by molar-refractivity contribution is 5.98. The molecule has 5 nitrogen and oxygen atoms in total. The van der Waals surface area contributed by atoms with Crippen LogP contribution in [0.25, 0.3) is 0 Å². The first-order valence-electron chi connectivity index (χ1n) is 13.1. The van der Waals surface area contributed by atoms with Gasteiger partial charge in [0.1, 0.15) is 11.5 Å².